The zero-order valence-electron chi connectivity index (χ0n) is 16.7. The molecule has 0 bridgehead atoms. The Kier molecular flexibility index (Phi) is 5.62. The second kappa shape index (κ2) is 8.37. The summed E-state index contributed by atoms with van der Waals surface area (Å²) in [6, 6.07) is 14.7. The second-order valence-electron chi connectivity index (χ2n) is 6.70. The number of hydrogen-bond acceptors (Lipinski definition) is 6. The van der Waals surface area contributed by atoms with Crippen LogP contribution in [0.5, 0.6) is 11.6 Å². The number of rotatable bonds is 6. The van der Waals surface area contributed by atoms with Gasteiger partial charge >= 0.3 is 0 Å². The summed E-state index contributed by atoms with van der Waals surface area (Å²) in [6.45, 7) is 3.47. The van der Waals surface area contributed by atoms with Gasteiger partial charge in [0.1, 0.15) is 11.6 Å². The summed E-state index contributed by atoms with van der Waals surface area (Å²) in [5.41, 5.74) is 0.992. The van der Waals surface area contributed by atoms with Crippen LogP contribution in [-0.4, -0.2) is 28.2 Å². The number of aromatic nitrogens is 4. The van der Waals surface area contributed by atoms with Gasteiger partial charge in [-0.3, -0.25) is 4.72 Å². The molecule has 0 fully saturated rings. The van der Waals surface area contributed by atoms with Crippen LogP contribution in [0, 0.1) is 13.8 Å². The van der Waals surface area contributed by atoms with Gasteiger partial charge in [0.15, 0.2) is 5.82 Å². The molecule has 0 spiro atoms. The first-order chi connectivity index (χ1) is 14.8. The Hall–Kier alpha value is -3.43. The van der Waals surface area contributed by atoms with E-state index in [1.807, 2.05) is 0 Å². The lowest BCUT2D eigenvalue weighted by Gasteiger charge is -2.12. The summed E-state index contributed by atoms with van der Waals surface area (Å²) >= 11 is 5.95. The molecule has 4 aromatic rings. The summed E-state index contributed by atoms with van der Waals surface area (Å²) in [6.07, 6.45) is 3.43. The topological polar surface area (TPSA) is 99.0 Å². The maximum atomic E-state index is 12.7. The van der Waals surface area contributed by atoms with Gasteiger partial charge < -0.3 is 4.74 Å². The number of nitrogens with zero attached hydrogens (tertiary/aromatic N) is 4. The van der Waals surface area contributed by atoms with Crippen LogP contribution >= 0.6 is 11.6 Å². The number of sulfonamides is 1. The lowest BCUT2D eigenvalue weighted by Crippen LogP contribution is -2.14. The van der Waals surface area contributed by atoms with E-state index < -0.39 is 10.0 Å². The minimum Gasteiger partial charge on any atom is -0.439 e. The van der Waals surface area contributed by atoms with Gasteiger partial charge in [0.05, 0.1) is 4.90 Å². The summed E-state index contributed by atoms with van der Waals surface area (Å²) in [5, 5.41) is 4.51. The maximum absolute atomic E-state index is 12.7. The molecule has 31 heavy (non-hydrogen) atoms. The standard InChI is InChI=1S/C21H18ClN5O3S/c1-14-4-5-16(22)12-19(14)31(28,29)26-17-6-8-18(9-7-17)30-21-13-20(24-15(2)25-21)27-11-3-10-23-27/h3-13,26H,1-2H3. The number of hydrogen-bond donors (Lipinski definition) is 1. The Morgan fingerprint density at radius 1 is 1.03 bits per heavy atom. The van der Waals surface area contributed by atoms with Crippen molar-refractivity contribution in [3.8, 4) is 17.4 Å². The summed E-state index contributed by atoms with van der Waals surface area (Å²) in [4.78, 5) is 8.75. The van der Waals surface area contributed by atoms with E-state index in [-0.39, 0.29) is 4.90 Å². The van der Waals surface area contributed by atoms with Crippen molar-refractivity contribution in [1.29, 1.82) is 0 Å². The third kappa shape index (κ3) is 4.84. The molecule has 2 aromatic carbocycles. The number of nitrogens with one attached hydrogen (secondary N) is 1. The molecule has 8 nitrogen and oxygen atoms in total. The molecule has 0 aliphatic rings. The van der Waals surface area contributed by atoms with Crippen LogP contribution in [0.1, 0.15) is 11.4 Å². The van der Waals surface area contributed by atoms with Gasteiger partial charge in [-0.2, -0.15) is 10.1 Å². The number of benzene rings is 2. The number of anilines is 1. The molecule has 2 heterocycles. The van der Waals surface area contributed by atoms with Gasteiger partial charge in [-0.05, 0) is 61.9 Å². The zero-order valence-corrected chi connectivity index (χ0v) is 18.2. The molecule has 0 saturated carbocycles. The smallest absolute Gasteiger partial charge is 0.262 e. The van der Waals surface area contributed by atoms with E-state index >= 15 is 0 Å². The second-order valence-corrected chi connectivity index (χ2v) is 8.79. The first kappa shape index (κ1) is 20.8. The van der Waals surface area contributed by atoms with Crippen molar-refractivity contribution in [2.24, 2.45) is 0 Å². The van der Waals surface area contributed by atoms with Crippen LogP contribution in [-0.2, 0) is 10.0 Å². The van der Waals surface area contributed by atoms with E-state index in [1.165, 1.54) is 6.07 Å². The van der Waals surface area contributed by atoms with Crippen LogP contribution < -0.4 is 9.46 Å². The minimum atomic E-state index is -3.78. The van der Waals surface area contributed by atoms with E-state index in [2.05, 4.69) is 19.8 Å². The lowest BCUT2D eigenvalue weighted by atomic mass is 10.2. The van der Waals surface area contributed by atoms with E-state index in [1.54, 1.807) is 79.5 Å². The van der Waals surface area contributed by atoms with Gasteiger partial charge in [0.2, 0.25) is 5.88 Å². The number of aryl methyl sites for hydroxylation is 2. The molecule has 0 atom stereocenters. The Balaban J connectivity index is 1.52. The molecule has 0 unspecified atom stereocenters. The first-order valence-electron chi connectivity index (χ1n) is 9.23. The Labute approximate surface area is 184 Å². The summed E-state index contributed by atoms with van der Waals surface area (Å²) in [5.74, 6) is 1.95. The van der Waals surface area contributed by atoms with Gasteiger partial charge in [-0.25, -0.2) is 18.1 Å². The number of ether oxygens (including phenoxy) is 1. The first-order valence-corrected chi connectivity index (χ1v) is 11.1. The molecule has 4 rings (SSSR count). The Morgan fingerprint density at radius 3 is 2.52 bits per heavy atom. The minimum absolute atomic E-state index is 0.128. The molecule has 1 N–H and O–H groups in total. The average molecular weight is 456 g/mol. The Morgan fingerprint density at radius 2 is 1.81 bits per heavy atom. The highest BCUT2D eigenvalue weighted by atomic mass is 35.5. The van der Waals surface area contributed by atoms with Crippen molar-refractivity contribution in [3.05, 3.63) is 83.4 Å². The maximum Gasteiger partial charge on any atom is 0.262 e. The van der Waals surface area contributed by atoms with Crippen molar-refractivity contribution >= 4 is 27.3 Å². The summed E-state index contributed by atoms with van der Waals surface area (Å²) < 4.78 is 35.4. The predicted octanol–water partition coefficient (Wildman–Crippen LogP) is 4.53. The quantitative estimate of drug-likeness (QED) is 0.458. The van der Waals surface area contributed by atoms with E-state index in [4.69, 9.17) is 16.3 Å². The molecular weight excluding hydrogens is 438 g/mol. The predicted molar refractivity (Wildman–Crippen MR) is 117 cm³/mol. The molecule has 2 aromatic heterocycles. The molecule has 0 aliphatic carbocycles. The van der Waals surface area contributed by atoms with Crippen molar-refractivity contribution < 1.29 is 13.2 Å². The highest BCUT2D eigenvalue weighted by molar-refractivity contribution is 7.92. The van der Waals surface area contributed by atoms with Gasteiger partial charge in [0, 0.05) is 29.2 Å². The van der Waals surface area contributed by atoms with Crippen molar-refractivity contribution in [3.63, 3.8) is 0 Å². The molecule has 0 amide bonds. The van der Waals surface area contributed by atoms with Crippen molar-refractivity contribution in [2.45, 2.75) is 18.7 Å². The van der Waals surface area contributed by atoms with Crippen molar-refractivity contribution in [1.82, 2.24) is 19.7 Å². The average Bonchev–Trinajstić information content (AvgIpc) is 3.26. The Bertz CT molecular complexity index is 1320. The molecule has 0 saturated heterocycles. The molecular formula is C21H18ClN5O3S. The third-order valence-corrected chi connectivity index (χ3v) is 6.07. The highest BCUT2D eigenvalue weighted by Gasteiger charge is 2.17. The van der Waals surface area contributed by atoms with E-state index in [9.17, 15) is 8.42 Å². The van der Waals surface area contributed by atoms with Crippen LogP contribution in [0.15, 0.2) is 71.9 Å². The normalized spacial score (nSPS) is 11.3. The fourth-order valence-corrected chi connectivity index (χ4v) is 4.45. The summed E-state index contributed by atoms with van der Waals surface area (Å²) in [7, 11) is -3.78. The van der Waals surface area contributed by atoms with E-state index in [0.29, 0.717) is 39.5 Å². The van der Waals surface area contributed by atoms with Gasteiger partial charge in [-0.15, -0.1) is 0 Å². The van der Waals surface area contributed by atoms with Gasteiger partial charge in [-0.1, -0.05) is 17.7 Å². The molecule has 0 aliphatic heterocycles. The zero-order chi connectivity index (χ0) is 22.0. The fraction of sp³-hybridized carbons (Fsp3) is 0.0952. The largest absolute Gasteiger partial charge is 0.439 e. The third-order valence-electron chi connectivity index (χ3n) is 4.31. The molecule has 0 radical (unpaired) electrons. The van der Waals surface area contributed by atoms with E-state index in [0.717, 1.165) is 0 Å². The van der Waals surface area contributed by atoms with Crippen LogP contribution in [0.25, 0.3) is 5.82 Å². The van der Waals surface area contributed by atoms with Crippen molar-refractivity contribution in [2.75, 3.05) is 4.72 Å². The molecule has 10 heteroatoms. The van der Waals surface area contributed by atoms with Gasteiger partial charge in [0.25, 0.3) is 10.0 Å². The lowest BCUT2D eigenvalue weighted by molar-refractivity contribution is 0.459. The fourth-order valence-electron chi connectivity index (χ4n) is 2.88. The highest BCUT2D eigenvalue weighted by Crippen LogP contribution is 2.26. The molecule has 158 valence electrons. The number of halogens is 1. The SMILES string of the molecule is Cc1nc(Oc2ccc(NS(=O)(=O)c3cc(Cl)ccc3C)cc2)cc(-n2cccn2)n1. The van der Waals surface area contributed by atoms with Crippen LogP contribution in [0.2, 0.25) is 5.02 Å². The monoisotopic (exact) mass is 455 g/mol. The van der Waals surface area contributed by atoms with Crippen LogP contribution in [0.4, 0.5) is 5.69 Å². The van der Waals surface area contributed by atoms with Crippen LogP contribution in [0.3, 0.4) is 0 Å².